The Morgan fingerprint density at radius 2 is 1.86 bits per heavy atom. The number of aryl methyl sites for hydroxylation is 1. The fourth-order valence-electron chi connectivity index (χ4n) is 3.33. The maximum atomic E-state index is 12.7. The molecule has 0 unspecified atom stereocenters. The lowest BCUT2D eigenvalue weighted by Gasteiger charge is -2.22. The topological polar surface area (TPSA) is 73.2 Å². The SMILES string of the molecule is COc1ccc2c(c1)CCn1c-2cc(NC(=O)c2c(Cl)cc(Cl)cc2Cl)nc1=O. The number of anilines is 1. The minimum Gasteiger partial charge on any atom is -0.497 e. The second kappa shape index (κ2) is 7.71. The molecule has 0 radical (unpaired) electrons. The van der Waals surface area contributed by atoms with E-state index >= 15 is 0 Å². The van der Waals surface area contributed by atoms with Crippen LogP contribution in [0.3, 0.4) is 0 Å². The molecular formula is C20H14Cl3N3O3. The van der Waals surface area contributed by atoms with Crippen molar-refractivity contribution in [1.29, 1.82) is 0 Å². The van der Waals surface area contributed by atoms with Crippen LogP contribution in [-0.2, 0) is 13.0 Å². The minimum atomic E-state index is -0.584. The number of carbonyl (C=O) groups excluding carboxylic acids is 1. The van der Waals surface area contributed by atoms with Crippen LogP contribution in [0.25, 0.3) is 11.3 Å². The summed E-state index contributed by atoms with van der Waals surface area (Å²) >= 11 is 18.1. The highest BCUT2D eigenvalue weighted by Crippen LogP contribution is 2.33. The second-order valence-corrected chi connectivity index (χ2v) is 7.68. The number of methoxy groups -OCH3 is 1. The number of hydrogen-bond acceptors (Lipinski definition) is 4. The third kappa shape index (κ3) is 3.71. The number of aromatic nitrogens is 2. The number of fused-ring (bicyclic) bond motifs is 3. The third-order valence-electron chi connectivity index (χ3n) is 4.68. The van der Waals surface area contributed by atoms with Crippen LogP contribution in [0.15, 0.2) is 41.2 Å². The molecule has 1 N–H and O–H groups in total. The number of rotatable bonds is 3. The molecule has 0 saturated carbocycles. The molecule has 3 aromatic rings. The van der Waals surface area contributed by atoms with Crippen LogP contribution in [0.5, 0.6) is 5.75 Å². The molecule has 0 saturated heterocycles. The van der Waals surface area contributed by atoms with Gasteiger partial charge in [-0.05, 0) is 42.3 Å². The summed E-state index contributed by atoms with van der Waals surface area (Å²) in [6.07, 6.45) is 0.683. The largest absolute Gasteiger partial charge is 0.497 e. The van der Waals surface area contributed by atoms with Gasteiger partial charge in [-0.3, -0.25) is 9.36 Å². The quantitative estimate of drug-likeness (QED) is 0.628. The van der Waals surface area contributed by atoms with E-state index < -0.39 is 11.6 Å². The van der Waals surface area contributed by atoms with Crippen LogP contribution in [0.1, 0.15) is 15.9 Å². The van der Waals surface area contributed by atoms with Crippen molar-refractivity contribution in [2.24, 2.45) is 0 Å². The molecule has 148 valence electrons. The number of halogens is 3. The Bertz CT molecular complexity index is 1180. The van der Waals surface area contributed by atoms with Crippen LogP contribution in [0.4, 0.5) is 5.82 Å². The molecule has 6 nitrogen and oxygen atoms in total. The van der Waals surface area contributed by atoms with Crippen LogP contribution in [0, 0.1) is 0 Å². The number of hydrogen-bond donors (Lipinski definition) is 1. The summed E-state index contributed by atoms with van der Waals surface area (Å²) in [4.78, 5) is 29.2. The van der Waals surface area contributed by atoms with Gasteiger partial charge < -0.3 is 10.1 Å². The number of ether oxygens (including phenoxy) is 1. The van der Waals surface area contributed by atoms with Gasteiger partial charge in [-0.2, -0.15) is 4.98 Å². The molecule has 0 atom stereocenters. The lowest BCUT2D eigenvalue weighted by Crippen LogP contribution is -2.29. The lowest BCUT2D eigenvalue weighted by molar-refractivity contribution is 0.102. The fraction of sp³-hybridized carbons (Fsp3) is 0.150. The maximum absolute atomic E-state index is 12.7. The van der Waals surface area contributed by atoms with Crippen molar-refractivity contribution in [1.82, 2.24) is 9.55 Å². The Balaban J connectivity index is 1.73. The Morgan fingerprint density at radius 1 is 1.14 bits per heavy atom. The monoisotopic (exact) mass is 449 g/mol. The van der Waals surface area contributed by atoms with Gasteiger partial charge in [0, 0.05) is 23.2 Å². The molecular weight excluding hydrogens is 437 g/mol. The molecule has 1 aromatic heterocycles. The van der Waals surface area contributed by atoms with Crippen molar-refractivity contribution in [2.45, 2.75) is 13.0 Å². The van der Waals surface area contributed by atoms with E-state index in [0.29, 0.717) is 23.7 Å². The summed E-state index contributed by atoms with van der Waals surface area (Å²) in [6, 6.07) is 10.1. The maximum Gasteiger partial charge on any atom is 0.350 e. The van der Waals surface area contributed by atoms with Crippen LogP contribution in [-0.4, -0.2) is 22.6 Å². The smallest absolute Gasteiger partial charge is 0.350 e. The van der Waals surface area contributed by atoms with Gasteiger partial charge in [0.25, 0.3) is 5.91 Å². The molecule has 2 aromatic carbocycles. The molecule has 0 fully saturated rings. The third-order valence-corrected chi connectivity index (χ3v) is 5.49. The summed E-state index contributed by atoms with van der Waals surface area (Å²) in [6.45, 7) is 0.490. The minimum absolute atomic E-state index is 0.0579. The first-order valence-corrected chi connectivity index (χ1v) is 9.76. The van der Waals surface area contributed by atoms with Gasteiger partial charge in [0.1, 0.15) is 11.6 Å². The van der Waals surface area contributed by atoms with Gasteiger partial charge in [0.05, 0.1) is 28.4 Å². The van der Waals surface area contributed by atoms with Crippen molar-refractivity contribution in [3.63, 3.8) is 0 Å². The van der Waals surface area contributed by atoms with Crippen molar-refractivity contribution in [3.8, 4) is 17.0 Å². The zero-order valence-corrected chi connectivity index (χ0v) is 17.4. The molecule has 1 amide bonds. The molecule has 2 heterocycles. The van der Waals surface area contributed by atoms with Gasteiger partial charge in [-0.25, -0.2) is 4.79 Å². The Labute approximate surface area is 181 Å². The number of benzene rings is 2. The second-order valence-electron chi connectivity index (χ2n) is 6.43. The molecule has 29 heavy (non-hydrogen) atoms. The van der Waals surface area contributed by atoms with E-state index in [-0.39, 0.29) is 21.4 Å². The highest BCUT2D eigenvalue weighted by atomic mass is 35.5. The number of nitrogens with zero attached hydrogens (tertiary/aromatic N) is 2. The van der Waals surface area contributed by atoms with E-state index in [0.717, 1.165) is 16.9 Å². The van der Waals surface area contributed by atoms with Gasteiger partial charge in [0.2, 0.25) is 0 Å². The van der Waals surface area contributed by atoms with Crippen molar-refractivity contribution >= 4 is 46.5 Å². The summed E-state index contributed by atoms with van der Waals surface area (Å²) in [7, 11) is 1.60. The average molecular weight is 451 g/mol. The Morgan fingerprint density at radius 3 is 2.55 bits per heavy atom. The number of nitrogens with one attached hydrogen (secondary N) is 1. The summed E-state index contributed by atoms with van der Waals surface area (Å²) < 4.78 is 6.85. The summed E-state index contributed by atoms with van der Waals surface area (Å²) in [5.41, 5.74) is 2.21. The standard InChI is InChI=1S/C20H14Cl3N3O3/c1-29-12-2-3-13-10(6-12)4-5-26-16(13)9-17(25-20(26)28)24-19(27)18-14(22)7-11(21)8-15(18)23/h2-3,6-9H,4-5H2,1H3,(H,24,25,27,28). The fourth-order valence-corrected chi connectivity index (χ4v) is 4.32. The van der Waals surface area contributed by atoms with Gasteiger partial charge in [-0.1, -0.05) is 34.8 Å². The van der Waals surface area contributed by atoms with E-state index in [1.165, 1.54) is 12.1 Å². The molecule has 9 heteroatoms. The Hall–Kier alpha value is -2.54. The normalized spacial score (nSPS) is 12.1. The first kappa shape index (κ1) is 19.8. The van der Waals surface area contributed by atoms with Gasteiger partial charge in [0.15, 0.2) is 0 Å². The molecule has 1 aliphatic heterocycles. The number of carbonyl (C=O) groups is 1. The molecule has 0 aliphatic carbocycles. The van der Waals surface area contributed by atoms with E-state index in [4.69, 9.17) is 39.5 Å². The van der Waals surface area contributed by atoms with Crippen LogP contribution in [0.2, 0.25) is 15.1 Å². The zero-order chi connectivity index (χ0) is 20.7. The van der Waals surface area contributed by atoms with Crippen LogP contribution < -0.4 is 15.7 Å². The zero-order valence-electron chi connectivity index (χ0n) is 15.1. The summed E-state index contributed by atoms with van der Waals surface area (Å²) in [5, 5.41) is 3.12. The van der Waals surface area contributed by atoms with E-state index in [9.17, 15) is 9.59 Å². The molecule has 0 spiro atoms. The predicted octanol–water partition coefficient (Wildman–Crippen LogP) is 4.69. The molecule has 0 bridgehead atoms. The average Bonchev–Trinajstić information content (AvgIpc) is 2.66. The Kier molecular flexibility index (Phi) is 5.25. The van der Waals surface area contributed by atoms with Crippen molar-refractivity contribution in [3.05, 3.63) is 73.1 Å². The van der Waals surface area contributed by atoms with E-state index in [1.807, 2.05) is 18.2 Å². The summed E-state index contributed by atoms with van der Waals surface area (Å²) in [5.74, 6) is 0.269. The van der Waals surface area contributed by atoms with E-state index in [1.54, 1.807) is 17.7 Å². The van der Waals surface area contributed by atoms with Crippen LogP contribution >= 0.6 is 34.8 Å². The van der Waals surface area contributed by atoms with Crippen molar-refractivity contribution in [2.75, 3.05) is 12.4 Å². The highest BCUT2D eigenvalue weighted by molar-refractivity contribution is 6.42. The first-order valence-electron chi connectivity index (χ1n) is 8.62. The predicted molar refractivity (Wildman–Crippen MR) is 114 cm³/mol. The highest BCUT2D eigenvalue weighted by Gasteiger charge is 2.21. The van der Waals surface area contributed by atoms with Gasteiger partial charge in [-0.15, -0.1) is 0 Å². The first-order chi connectivity index (χ1) is 13.9. The molecule has 1 aliphatic rings. The van der Waals surface area contributed by atoms with Crippen molar-refractivity contribution < 1.29 is 9.53 Å². The number of amides is 1. The van der Waals surface area contributed by atoms with Gasteiger partial charge >= 0.3 is 5.69 Å². The van der Waals surface area contributed by atoms with E-state index in [2.05, 4.69) is 10.3 Å². The molecule has 4 rings (SSSR count). The lowest BCUT2D eigenvalue weighted by atomic mass is 9.97.